The van der Waals surface area contributed by atoms with E-state index in [9.17, 15) is 38.4 Å². The van der Waals surface area contributed by atoms with Crippen LogP contribution in [0, 0.1) is 6.61 Å². The van der Waals surface area contributed by atoms with Crippen molar-refractivity contribution in [3.8, 4) is 0 Å². The molecule has 7 aliphatic rings. The van der Waals surface area contributed by atoms with Gasteiger partial charge < -0.3 is 55.1 Å². The lowest BCUT2D eigenvalue weighted by molar-refractivity contribution is -0.144. The number of aliphatic hydroxyl groups excluding tert-OH is 1. The Morgan fingerprint density at radius 3 is 1.33 bits per heavy atom. The monoisotopic (exact) mass is 1180 g/mol. The molecule has 7 amide bonds. The van der Waals surface area contributed by atoms with Crippen LogP contribution in [0.15, 0.2) is 127 Å². The summed E-state index contributed by atoms with van der Waals surface area (Å²) in [6, 6.07) is 38.8. The number of nitrogens with zero attached hydrogens (tertiary/aromatic N) is 6. The van der Waals surface area contributed by atoms with E-state index in [1.165, 1.54) is 4.90 Å². The summed E-state index contributed by atoms with van der Waals surface area (Å²) in [6.45, 7) is 8.27. The van der Waals surface area contributed by atoms with Crippen molar-refractivity contribution >= 4 is 93.4 Å². The van der Waals surface area contributed by atoms with Crippen LogP contribution in [-0.2, 0) is 54.3 Å². The van der Waals surface area contributed by atoms with Gasteiger partial charge in [0.15, 0.2) is 6.61 Å². The number of hydrogen-bond donors (Lipinski definition) is 4. The Balaban J connectivity index is 0.000000143. The molecule has 0 unspecified atom stereocenters. The van der Waals surface area contributed by atoms with Crippen LogP contribution < -0.4 is 46.2 Å². The summed E-state index contributed by atoms with van der Waals surface area (Å²) in [6.07, 6.45) is 5.50. The number of hydrogen-bond acceptors (Lipinski definition) is 16. The topological polar surface area (TPSA) is 290 Å². The molecule has 7 aliphatic heterocycles. The second-order valence-electron chi connectivity index (χ2n) is 20.8. The molecule has 7 saturated heterocycles. The van der Waals surface area contributed by atoms with Gasteiger partial charge in [-0.2, -0.15) is 0 Å². The van der Waals surface area contributed by atoms with E-state index in [2.05, 4.69) is 5.32 Å². The Bertz CT molecular complexity index is 3000. The molecule has 454 valence electrons. The van der Waals surface area contributed by atoms with Gasteiger partial charge in [0, 0.05) is 110 Å². The minimum atomic E-state index is -0.501. The summed E-state index contributed by atoms with van der Waals surface area (Å²) < 4.78 is 24.8. The second-order valence-corrected chi connectivity index (χ2v) is 20.8. The third kappa shape index (κ3) is 17.9. The van der Waals surface area contributed by atoms with Crippen molar-refractivity contribution in [2.75, 3.05) is 99.5 Å². The molecule has 23 nitrogen and oxygen atoms in total. The molecule has 23 heteroatoms. The largest absolute Gasteiger partial charge is 0.458 e. The van der Waals surface area contributed by atoms with Gasteiger partial charge in [0.1, 0.15) is 18.8 Å². The number of nitrogen functional groups attached to an aromatic ring is 1. The van der Waals surface area contributed by atoms with E-state index in [-0.39, 0.29) is 61.1 Å². The molecular formula is C63H74N9O14+. The summed E-state index contributed by atoms with van der Waals surface area (Å²) in [7, 11) is 0. The van der Waals surface area contributed by atoms with Crippen molar-refractivity contribution < 1.29 is 67.1 Å². The van der Waals surface area contributed by atoms with E-state index in [0.717, 1.165) is 98.0 Å². The fraction of sp³-hybridized carbons (Fsp3) is 0.381. The zero-order valence-electron chi connectivity index (χ0n) is 48.2. The highest BCUT2D eigenvalue weighted by Crippen LogP contribution is 2.30. The molecule has 0 bridgehead atoms. The molecule has 6 N–H and O–H groups in total. The number of esters is 1. The van der Waals surface area contributed by atoms with Gasteiger partial charge in [0.2, 0.25) is 23.6 Å². The maximum atomic E-state index is 11.8. The molecule has 12 rings (SSSR count). The van der Waals surface area contributed by atoms with E-state index in [0.29, 0.717) is 69.7 Å². The van der Waals surface area contributed by atoms with Crippen molar-refractivity contribution in [3.63, 3.8) is 0 Å². The molecule has 86 heavy (non-hydrogen) atoms. The van der Waals surface area contributed by atoms with Crippen molar-refractivity contribution in [3.05, 3.63) is 140 Å². The van der Waals surface area contributed by atoms with Crippen LogP contribution in [0.3, 0.4) is 0 Å². The fourth-order valence-electron chi connectivity index (χ4n) is 9.83. The lowest BCUT2D eigenvalue weighted by atomic mass is 10.2. The fourth-order valence-corrected chi connectivity index (χ4v) is 9.83. The normalized spacial score (nSPS) is 19.2. The number of epoxide rings is 1. The number of nitrogens with two attached hydrogens (primary N) is 2. The van der Waals surface area contributed by atoms with Crippen LogP contribution in [-0.4, -0.2) is 130 Å². The SMILES string of the molecule is CCCC(=O)OC[C@H]1[CH+]O1.NC[C@H]1CN(c2ccc(N3CCCC3=O)cc2)C(=O)O1.Nc1ccc(N2CCCC2=O)cc1.O=C(Nc1ccc(N2CCCC2=O)cc1)OCc1ccccc1.O=C1CCCN1c1ccc(N2C[C@H](CO)OC2=O)cc1. The van der Waals surface area contributed by atoms with Crippen LogP contribution in [0.5, 0.6) is 0 Å². The number of cyclic esters (lactones) is 2. The molecule has 0 radical (unpaired) electrons. The number of anilines is 8. The molecule has 0 saturated carbocycles. The summed E-state index contributed by atoms with van der Waals surface area (Å²) in [4.78, 5) is 102. The van der Waals surface area contributed by atoms with Crippen molar-refractivity contribution in [1.29, 1.82) is 0 Å². The quantitative estimate of drug-likeness (QED) is 0.0253. The minimum Gasteiger partial charge on any atom is -0.458 e. The standard InChI is InChI=1S/C18H18N2O3.C14H17N3O3.C14H16N2O4.C10H12N2O.C7H11O3/c21-17-7-4-12-20(17)16-10-8-15(9-11-16)19-18(22)23-13-14-5-2-1-3-6-14;15-8-12-9-17(14(19)20-12)11-5-3-10(4-6-11)16-7-1-2-13(16)18;17-9-12-8-16(14(19)20-12)11-5-3-10(4-6-11)15-7-1-2-13(15)18;11-8-3-5-9(6-4-8)12-7-1-2-10(12)13;1-2-3-7(8)10-5-6-4-9-6/h1-3,5-6,8-11H,4,7,12-13H2,(H,19,22);3-6,12H,1-2,7-9,15H2;3-6,12,17H,1-2,7-9H2;3-6H,1-2,7,11H2;4,6H,2-3,5H2,1H3/q;;;;+1/t;2*12-;;6-/m.01.1/s1. The lowest BCUT2D eigenvalue weighted by Crippen LogP contribution is -2.27. The minimum absolute atomic E-state index is 0.0702. The van der Waals surface area contributed by atoms with Crippen LogP contribution in [0.4, 0.5) is 59.9 Å². The third-order valence-corrected chi connectivity index (χ3v) is 14.5. The highest BCUT2D eigenvalue weighted by Gasteiger charge is 2.40. The number of aliphatic hydroxyl groups is 1. The number of nitrogens with one attached hydrogen (secondary N) is 1. The van der Waals surface area contributed by atoms with Gasteiger partial charge in [-0.05, 0) is 135 Å². The van der Waals surface area contributed by atoms with Crippen molar-refractivity contribution in [2.24, 2.45) is 5.73 Å². The number of benzene rings is 5. The second kappa shape index (κ2) is 31.1. The van der Waals surface area contributed by atoms with Crippen molar-refractivity contribution in [2.45, 2.75) is 96.1 Å². The van der Waals surface area contributed by atoms with Crippen LogP contribution in [0.1, 0.15) is 76.7 Å². The maximum Gasteiger partial charge on any atom is 0.414 e. The maximum absolute atomic E-state index is 11.8. The first kappa shape index (κ1) is 62.8. The molecule has 7 heterocycles. The van der Waals surface area contributed by atoms with E-state index in [1.807, 2.05) is 110 Å². The first-order valence-electron chi connectivity index (χ1n) is 29.0. The van der Waals surface area contributed by atoms with Gasteiger partial charge >= 0.3 is 30.4 Å². The average Bonchev–Trinajstić information content (AvgIpc) is 4.39. The van der Waals surface area contributed by atoms with E-state index in [1.54, 1.807) is 55.4 Å². The first-order chi connectivity index (χ1) is 41.7. The first-order valence-corrected chi connectivity index (χ1v) is 29.0. The van der Waals surface area contributed by atoms with Crippen LogP contribution in [0.2, 0.25) is 0 Å². The molecule has 0 spiro atoms. The number of ether oxygens (including phenoxy) is 5. The van der Waals surface area contributed by atoms with Gasteiger partial charge in [-0.25, -0.2) is 14.4 Å². The van der Waals surface area contributed by atoms with Crippen LogP contribution in [0.25, 0.3) is 0 Å². The van der Waals surface area contributed by atoms with Crippen molar-refractivity contribution in [1.82, 2.24) is 0 Å². The summed E-state index contributed by atoms with van der Waals surface area (Å²) >= 11 is 0. The number of amides is 7. The highest BCUT2D eigenvalue weighted by atomic mass is 16.6. The number of carbonyl (C=O) groups is 8. The van der Waals surface area contributed by atoms with E-state index in [4.69, 9.17) is 40.3 Å². The van der Waals surface area contributed by atoms with Gasteiger partial charge in [-0.3, -0.25) is 39.1 Å². The number of carbonyl (C=O) groups excluding carboxylic acids is 8. The zero-order valence-corrected chi connectivity index (χ0v) is 48.2. The van der Waals surface area contributed by atoms with E-state index < -0.39 is 18.3 Å². The Morgan fingerprint density at radius 1 is 0.570 bits per heavy atom. The Kier molecular flexibility index (Phi) is 22.7. The molecule has 0 aliphatic carbocycles. The predicted molar refractivity (Wildman–Crippen MR) is 323 cm³/mol. The van der Waals surface area contributed by atoms with Gasteiger partial charge in [0.05, 0.1) is 19.7 Å². The molecule has 5 aromatic carbocycles. The third-order valence-electron chi connectivity index (χ3n) is 14.5. The molecule has 7 fully saturated rings. The van der Waals surface area contributed by atoms with Gasteiger partial charge in [-0.1, -0.05) is 37.3 Å². The molecule has 0 aromatic heterocycles. The summed E-state index contributed by atoms with van der Waals surface area (Å²) in [5.74, 6) is 0.518. The number of rotatable bonds is 15. The Morgan fingerprint density at radius 2 is 0.965 bits per heavy atom. The molecular weight excluding hydrogens is 1110 g/mol. The Hall–Kier alpha value is -9.19. The predicted octanol–water partition coefficient (Wildman–Crippen LogP) is 8.08. The highest BCUT2D eigenvalue weighted by molar-refractivity contribution is 5.98. The summed E-state index contributed by atoms with van der Waals surface area (Å²) in [5.41, 5.74) is 18.4. The van der Waals surface area contributed by atoms with E-state index >= 15 is 0 Å². The van der Waals surface area contributed by atoms with Crippen LogP contribution >= 0.6 is 0 Å². The van der Waals surface area contributed by atoms with Gasteiger partial charge in [0.25, 0.3) is 6.61 Å². The smallest absolute Gasteiger partial charge is 0.414 e. The lowest BCUT2D eigenvalue weighted by Gasteiger charge is -2.18. The molecule has 5 aromatic rings. The average molecular weight is 1180 g/mol. The Labute approximate surface area is 499 Å². The molecule has 3 atom stereocenters. The zero-order chi connectivity index (χ0) is 61.0. The summed E-state index contributed by atoms with van der Waals surface area (Å²) in [5, 5.41) is 11.7. The van der Waals surface area contributed by atoms with Gasteiger partial charge in [-0.15, -0.1) is 4.74 Å².